The molecule has 1 saturated heterocycles. The Kier molecular flexibility index (Phi) is 2.43. The van der Waals surface area contributed by atoms with Gasteiger partial charge in [0.15, 0.2) is 0 Å². The van der Waals surface area contributed by atoms with Gasteiger partial charge in [-0.05, 0) is 30.7 Å². The number of fused-ring (bicyclic) bond motifs is 7. The molecule has 1 fully saturated rings. The molecule has 1 aromatic rings. The van der Waals surface area contributed by atoms with Crippen molar-refractivity contribution in [1.82, 2.24) is 0 Å². The second kappa shape index (κ2) is 4.33. The van der Waals surface area contributed by atoms with Crippen LogP contribution in [-0.4, -0.2) is 24.8 Å². The molecular weight excluding hydrogens is 256 g/mol. The number of anilines is 1. The van der Waals surface area contributed by atoms with E-state index in [9.17, 15) is 0 Å². The summed E-state index contributed by atoms with van der Waals surface area (Å²) in [6.07, 6.45) is 13.8. The molecule has 5 unspecified atom stereocenters. The fourth-order valence-electron chi connectivity index (χ4n) is 4.85. The first-order valence-electron chi connectivity index (χ1n) is 8.13. The van der Waals surface area contributed by atoms with Crippen molar-refractivity contribution in [2.45, 2.75) is 24.9 Å². The fraction of sp³-hybridized carbons (Fsp3) is 0.421. The monoisotopic (exact) mass is 276 g/mol. The van der Waals surface area contributed by atoms with Crippen molar-refractivity contribution in [2.24, 2.45) is 22.7 Å². The van der Waals surface area contributed by atoms with Gasteiger partial charge >= 0.3 is 0 Å². The van der Waals surface area contributed by atoms with Crippen LogP contribution in [0.1, 0.15) is 12.0 Å². The SMILES string of the molecule is C1=CC2C(C=C1)C1Cc3ccccc3N1CC1CC=NC12. The van der Waals surface area contributed by atoms with Crippen LogP contribution in [0.15, 0.2) is 53.6 Å². The third-order valence-electron chi connectivity index (χ3n) is 5.79. The molecule has 0 bridgehead atoms. The summed E-state index contributed by atoms with van der Waals surface area (Å²) in [6.45, 7) is 1.17. The molecule has 5 rings (SSSR count). The van der Waals surface area contributed by atoms with E-state index in [1.54, 1.807) is 0 Å². The third-order valence-corrected chi connectivity index (χ3v) is 5.79. The van der Waals surface area contributed by atoms with Crippen molar-refractivity contribution in [2.75, 3.05) is 11.4 Å². The number of nitrogens with zero attached hydrogens (tertiary/aromatic N) is 2. The van der Waals surface area contributed by atoms with E-state index >= 15 is 0 Å². The summed E-state index contributed by atoms with van der Waals surface area (Å²) in [7, 11) is 0. The minimum atomic E-state index is 0.494. The molecule has 0 radical (unpaired) electrons. The first-order chi connectivity index (χ1) is 10.4. The average molecular weight is 276 g/mol. The zero-order valence-electron chi connectivity index (χ0n) is 12.1. The standard InChI is InChI=1S/C19H20N2/c1-4-8-17-13(5-1)11-18-15-6-2-3-7-16(15)19-14(9-10-20-19)12-21(17)18/h1-8,10,14-16,18-19H,9,11-12H2. The van der Waals surface area contributed by atoms with E-state index in [1.807, 2.05) is 0 Å². The van der Waals surface area contributed by atoms with Crippen LogP contribution in [0.5, 0.6) is 0 Å². The summed E-state index contributed by atoms with van der Waals surface area (Å²) in [4.78, 5) is 7.54. The molecule has 1 aliphatic carbocycles. The molecule has 1 aromatic carbocycles. The molecular formula is C19H20N2. The van der Waals surface area contributed by atoms with E-state index in [2.05, 4.69) is 59.7 Å². The molecule has 0 spiro atoms. The van der Waals surface area contributed by atoms with E-state index in [0.717, 1.165) is 6.42 Å². The van der Waals surface area contributed by atoms with Gasteiger partial charge in [0.25, 0.3) is 0 Å². The van der Waals surface area contributed by atoms with Gasteiger partial charge in [-0.3, -0.25) is 4.99 Å². The van der Waals surface area contributed by atoms with Crippen molar-refractivity contribution in [3.63, 3.8) is 0 Å². The zero-order chi connectivity index (χ0) is 13.8. The molecule has 4 aliphatic rings. The number of hydrogen-bond donors (Lipinski definition) is 0. The number of aliphatic imine (C=N–C) groups is 1. The zero-order valence-corrected chi connectivity index (χ0v) is 12.1. The van der Waals surface area contributed by atoms with Gasteiger partial charge in [-0.15, -0.1) is 0 Å². The Morgan fingerprint density at radius 1 is 1.05 bits per heavy atom. The summed E-state index contributed by atoms with van der Waals surface area (Å²) < 4.78 is 0. The first kappa shape index (κ1) is 11.8. The van der Waals surface area contributed by atoms with Gasteiger partial charge in [-0.1, -0.05) is 42.5 Å². The average Bonchev–Trinajstić information content (AvgIpc) is 3.10. The van der Waals surface area contributed by atoms with Crippen LogP contribution in [0.2, 0.25) is 0 Å². The summed E-state index contributed by atoms with van der Waals surface area (Å²) in [5.74, 6) is 1.88. The molecule has 3 heterocycles. The smallest absolute Gasteiger partial charge is 0.0613 e. The molecule has 106 valence electrons. The van der Waals surface area contributed by atoms with Gasteiger partial charge in [-0.2, -0.15) is 0 Å². The molecule has 5 atom stereocenters. The van der Waals surface area contributed by atoms with Crippen molar-refractivity contribution in [3.05, 3.63) is 54.1 Å². The molecule has 2 nitrogen and oxygen atoms in total. The van der Waals surface area contributed by atoms with E-state index in [1.165, 1.54) is 24.2 Å². The Morgan fingerprint density at radius 3 is 2.86 bits per heavy atom. The van der Waals surface area contributed by atoms with Crippen molar-refractivity contribution in [1.29, 1.82) is 0 Å². The highest BCUT2D eigenvalue weighted by Crippen LogP contribution is 2.46. The maximum absolute atomic E-state index is 4.85. The maximum Gasteiger partial charge on any atom is 0.0613 e. The second-order valence-corrected chi connectivity index (χ2v) is 6.80. The van der Waals surface area contributed by atoms with Crippen LogP contribution in [0.3, 0.4) is 0 Å². The van der Waals surface area contributed by atoms with E-state index < -0.39 is 0 Å². The van der Waals surface area contributed by atoms with E-state index in [-0.39, 0.29) is 0 Å². The summed E-state index contributed by atoms with van der Waals surface area (Å²) in [5.41, 5.74) is 3.00. The fourth-order valence-corrected chi connectivity index (χ4v) is 4.85. The van der Waals surface area contributed by atoms with Crippen LogP contribution >= 0.6 is 0 Å². The Bertz CT molecular complexity index is 657. The van der Waals surface area contributed by atoms with Crippen molar-refractivity contribution in [3.8, 4) is 0 Å². The van der Waals surface area contributed by atoms with Gasteiger partial charge in [0, 0.05) is 36.0 Å². The summed E-state index contributed by atoms with van der Waals surface area (Å²) in [5, 5.41) is 0. The summed E-state index contributed by atoms with van der Waals surface area (Å²) >= 11 is 0. The lowest BCUT2D eigenvalue weighted by atomic mass is 9.76. The van der Waals surface area contributed by atoms with Gasteiger partial charge in [0.1, 0.15) is 0 Å². The Balaban J connectivity index is 1.62. The molecule has 0 N–H and O–H groups in total. The first-order valence-corrected chi connectivity index (χ1v) is 8.13. The molecule has 0 amide bonds. The van der Waals surface area contributed by atoms with Crippen molar-refractivity contribution < 1.29 is 0 Å². The largest absolute Gasteiger partial charge is 0.367 e. The van der Waals surface area contributed by atoms with Gasteiger partial charge in [-0.25, -0.2) is 0 Å². The number of para-hydroxylation sites is 1. The topological polar surface area (TPSA) is 15.6 Å². The third kappa shape index (κ3) is 1.62. The van der Waals surface area contributed by atoms with Crippen LogP contribution in [0.4, 0.5) is 5.69 Å². The Morgan fingerprint density at radius 2 is 1.90 bits per heavy atom. The van der Waals surface area contributed by atoms with Crippen molar-refractivity contribution >= 4 is 11.9 Å². The lowest BCUT2D eigenvalue weighted by Gasteiger charge is -2.33. The molecule has 0 saturated carbocycles. The van der Waals surface area contributed by atoms with E-state index in [4.69, 9.17) is 4.99 Å². The quantitative estimate of drug-likeness (QED) is 0.710. The minimum absolute atomic E-state index is 0.494. The minimum Gasteiger partial charge on any atom is -0.367 e. The normalized spacial score (nSPS) is 38.7. The van der Waals surface area contributed by atoms with Crippen LogP contribution in [-0.2, 0) is 6.42 Å². The summed E-state index contributed by atoms with van der Waals surface area (Å²) in [6, 6.07) is 10.1. The number of rotatable bonds is 0. The Labute approximate surface area is 125 Å². The number of benzene rings is 1. The maximum atomic E-state index is 4.85. The van der Waals surface area contributed by atoms with Gasteiger partial charge in [0.2, 0.25) is 0 Å². The second-order valence-electron chi connectivity index (χ2n) is 6.80. The molecule has 2 heteroatoms. The highest BCUT2D eigenvalue weighted by Gasteiger charge is 2.46. The number of hydrogen-bond acceptors (Lipinski definition) is 2. The van der Waals surface area contributed by atoms with Gasteiger partial charge in [0.05, 0.1) is 6.04 Å². The molecule has 0 aromatic heterocycles. The lowest BCUT2D eigenvalue weighted by molar-refractivity contribution is 0.339. The Hall–Kier alpha value is -1.83. The molecule has 21 heavy (non-hydrogen) atoms. The van der Waals surface area contributed by atoms with Crippen LogP contribution < -0.4 is 4.90 Å². The lowest BCUT2D eigenvalue weighted by Crippen LogP contribution is -2.39. The van der Waals surface area contributed by atoms with Gasteiger partial charge < -0.3 is 4.90 Å². The highest BCUT2D eigenvalue weighted by molar-refractivity contribution is 5.64. The molecule has 3 aliphatic heterocycles. The van der Waals surface area contributed by atoms with Crippen LogP contribution in [0.25, 0.3) is 0 Å². The predicted molar refractivity (Wildman–Crippen MR) is 86.9 cm³/mol. The number of allylic oxidation sites excluding steroid dienone is 2. The highest BCUT2D eigenvalue weighted by atomic mass is 15.2. The van der Waals surface area contributed by atoms with Crippen LogP contribution in [0, 0.1) is 17.8 Å². The van der Waals surface area contributed by atoms with E-state index in [0.29, 0.717) is 29.8 Å². The predicted octanol–water partition coefficient (Wildman–Crippen LogP) is 3.25.